The van der Waals surface area contributed by atoms with E-state index in [4.69, 9.17) is 11.6 Å². The van der Waals surface area contributed by atoms with Gasteiger partial charge in [-0.1, -0.05) is 18.0 Å². The third-order valence-electron chi connectivity index (χ3n) is 2.91. The Morgan fingerprint density at radius 2 is 2.20 bits per heavy atom. The molecule has 0 bridgehead atoms. The lowest BCUT2D eigenvalue weighted by Gasteiger charge is -2.35. The highest BCUT2D eigenvalue weighted by Gasteiger charge is 2.23. The van der Waals surface area contributed by atoms with E-state index in [1.807, 2.05) is 6.92 Å². The molecule has 1 heterocycles. The average Bonchev–Trinajstić information content (AvgIpc) is 2.20. The van der Waals surface area contributed by atoms with Gasteiger partial charge >= 0.3 is 0 Å². The Labute approximate surface area is 97.3 Å². The summed E-state index contributed by atoms with van der Waals surface area (Å²) >= 11 is 5.67. The summed E-state index contributed by atoms with van der Waals surface area (Å²) < 4.78 is 0. The van der Waals surface area contributed by atoms with Crippen molar-refractivity contribution in [2.24, 2.45) is 0 Å². The molecule has 1 saturated heterocycles. The van der Waals surface area contributed by atoms with Gasteiger partial charge in [0.15, 0.2) is 0 Å². The van der Waals surface area contributed by atoms with E-state index in [1.165, 1.54) is 18.4 Å². The monoisotopic (exact) mass is 229 g/mol. The van der Waals surface area contributed by atoms with Gasteiger partial charge in [0.25, 0.3) is 0 Å². The summed E-state index contributed by atoms with van der Waals surface area (Å²) in [6.45, 7) is 5.71. The first kappa shape index (κ1) is 12.7. The molecule has 1 atom stereocenters. The Bertz CT molecular complexity index is 250. The highest BCUT2D eigenvalue weighted by molar-refractivity contribution is 6.25. The highest BCUT2D eigenvalue weighted by Crippen LogP contribution is 2.21. The molecule has 1 aliphatic rings. The van der Waals surface area contributed by atoms with Crippen molar-refractivity contribution in [3.63, 3.8) is 0 Å². The predicted octanol–water partition coefficient (Wildman–Crippen LogP) is 2.96. The molecule has 0 aromatic carbocycles. The first-order valence-corrected chi connectivity index (χ1v) is 6.06. The molecule has 1 fully saturated rings. The molecule has 1 unspecified atom stereocenters. The van der Waals surface area contributed by atoms with Gasteiger partial charge in [-0.2, -0.15) is 0 Å². The summed E-state index contributed by atoms with van der Waals surface area (Å²) in [6.07, 6.45) is 4.33. The van der Waals surface area contributed by atoms with E-state index in [0.717, 1.165) is 19.5 Å². The van der Waals surface area contributed by atoms with Crippen LogP contribution in [-0.4, -0.2) is 29.8 Å². The standard InChI is InChI=1S/C12H20ClNO/c1-10(8-13)9-14-6-4-3-5-12(14)7-11(2)15/h8,12H,3-7,9H2,1-2H3. The van der Waals surface area contributed by atoms with E-state index in [0.29, 0.717) is 18.2 Å². The molecule has 0 aromatic heterocycles. The predicted molar refractivity (Wildman–Crippen MR) is 64.1 cm³/mol. The van der Waals surface area contributed by atoms with Crippen LogP contribution in [0.1, 0.15) is 39.5 Å². The van der Waals surface area contributed by atoms with Gasteiger partial charge in [-0.3, -0.25) is 9.69 Å². The van der Waals surface area contributed by atoms with E-state index in [-0.39, 0.29) is 0 Å². The molecule has 0 spiro atoms. The molecule has 0 aromatic rings. The van der Waals surface area contributed by atoms with Gasteiger partial charge in [0, 0.05) is 24.5 Å². The molecule has 0 amide bonds. The van der Waals surface area contributed by atoms with Gasteiger partial charge in [0.05, 0.1) is 0 Å². The number of hydrogen-bond donors (Lipinski definition) is 0. The Hall–Kier alpha value is -0.340. The van der Waals surface area contributed by atoms with Crippen molar-refractivity contribution in [1.29, 1.82) is 0 Å². The number of carbonyl (C=O) groups excluding carboxylic acids is 1. The van der Waals surface area contributed by atoms with Crippen molar-refractivity contribution in [1.82, 2.24) is 4.90 Å². The van der Waals surface area contributed by atoms with Crippen LogP contribution in [-0.2, 0) is 4.79 Å². The third-order valence-corrected chi connectivity index (χ3v) is 3.28. The fraction of sp³-hybridized carbons (Fsp3) is 0.750. The highest BCUT2D eigenvalue weighted by atomic mass is 35.5. The van der Waals surface area contributed by atoms with Crippen molar-refractivity contribution < 1.29 is 4.79 Å². The number of rotatable bonds is 4. The minimum Gasteiger partial charge on any atom is -0.300 e. The number of ketones is 1. The van der Waals surface area contributed by atoms with Crippen molar-refractivity contribution in [3.8, 4) is 0 Å². The molecule has 1 rings (SSSR count). The van der Waals surface area contributed by atoms with E-state index in [2.05, 4.69) is 4.90 Å². The number of hydrogen-bond acceptors (Lipinski definition) is 2. The molecule has 0 N–H and O–H groups in total. The van der Waals surface area contributed by atoms with Crippen molar-refractivity contribution in [3.05, 3.63) is 11.1 Å². The van der Waals surface area contributed by atoms with Gasteiger partial charge in [0.2, 0.25) is 0 Å². The lowest BCUT2D eigenvalue weighted by Crippen LogP contribution is -2.41. The van der Waals surface area contributed by atoms with E-state index in [1.54, 1.807) is 12.5 Å². The molecular weight excluding hydrogens is 210 g/mol. The maximum Gasteiger partial charge on any atom is 0.131 e. The lowest BCUT2D eigenvalue weighted by molar-refractivity contribution is -0.118. The van der Waals surface area contributed by atoms with Crippen LogP contribution in [0.3, 0.4) is 0 Å². The summed E-state index contributed by atoms with van der Waals surface area (Å²) in [7, 11) is 0. The second-order valence-electron chi connectivity index (χ2n) is 4.48. The second-order valence-corrected chi connectivity index (χ2v) is 4.70. The molecule has 0 radical (unpaired) electrons. The van der Waals surface area contributed by atoms with Gasteiger partial charge < -0.3 is 0 Å². The molecule has 86 valence electrons. The topological polar surface area (TPSA) is 20.3 Å². The number of nitrogens with zero attached hydrogens (tertiary/aromatic N) is 1. The maximum absolute atomic E-state index is 11.1. The number of halogens is 1. The van der Waals surface area contributed by atoms with E-state index in [9.17, 15) is 4.79 Å². The summed E-state index contributed by atoms with van der Waals surface area (Å²) in [5.74, 6) is 0.291. The SMILES string of the molecule is CC(=O)CC1CCCCN1CC(C)=CCl. The minimum atomic E-state index is 0.291. The molecule has 15 heavy (non-hydrogen) atoms. The largest absolute Gasteiger partial charge is 0.300 e. The zero-order chi connectivity index (χ0) is 11.3. The van der Waals surface area contributed by atoms with Crippen LogP contribution < -0.4 is 0 Å². The fourth-order valence-electron chi connectivity index (χ4n) is 2.19. The summed E-state index contributed by atoms with van der Waals surface area (Å²) in [5.41, 5.74) is 2.81. The molecule has 0 aliphatic carbocycles. The number of Topliss-reactive ketones (excluding diaryl/α,β-unsaturated/α-hetero) is 1. The van der Waals surface area contributed by atoms with Crippen LogP contribution in [0.25, 0.3) is 0 Å². The van der Waals surface area contributed by atoms with Crippen molar-refractivity contribution in [2.45, 2.75) is 45.6 Å². The zero-order valence-electron chi connectivity index (χ0n) is 9.63. The van der Waals surface area contributed by atoms with Crippen molar-refractivity contribution in [2.75, 3.05) is 13.1 Å². The quantitative estimate of drug-likeness (QED) is 0.739. The first-order valence-electron chi connectivity index (χ1n) is 5.63. The van der Waals surface area contributed by atoms with Gasteiger partial charge in [-0.25, -0.2) is 0 Å². The molecule has 0 saturated carbocycles. The van der Waals surface area contributed by atoms with Gasteiger partial charge in [-0.15, -0.1) is 0 Å². The Morgan fingerprint density at radius 3 is 2.80 bits per heavy atom. The Morgan fingerprint density at radius 1 is 1.47 bits per heavy atom. The van der Waals surface area contributed by atoms with E-state index >= 15 is 0 Å². The molecular formula is C12H20ClNO. The van der Waals surface area contributed by atoms with Crippen LogP contribution in [0.15, 0.2) is 11.1 Å². The van der Waals surface area contributed by atoms with Crippen LogP contribution in [0.2, 0.25) is 0 Å². The van der Waals surface area contributed by atoms with Crippen LogP contribution in [0.4, 0.5) is 0 Å². The van der Waals surface area contributed by atoms with Crippen LogP contribution in [0.5, 0.6) is 0 Å². The third kappa shape index (κ3) is 4.35. The average molecular weight is 230 g/mol. The smallest absolute Gasteiger partial charge is 0.131 e. The van der Waals surface area contributed by atoms with Crippen LogP contribution >= 0.6 is 11.6 Å². The van der Waals surface area contributed by atoms with Gasteiger partial charge in [-0.05, 0) is 38.8 Å². The van der Waals surface area contributed by atoms with Crippen molar-refractivity contribution >= 4 is 17.4 Å². The second kappa shape index (κ2) is 6.29. The minimum absolute atomic E-state index is 0.291. The number of carbonyl (C=O) groups is 1. The Kier molecular flexibility index (Phi) is 5.34. The fourth-order valence-corrected chi connectivity index (χ4v) is 2.25. The number of likely N-dealkylation sites (tertiary alicyclic amines) is 1. The molecule has 2 nitrogen and oxygen atoms in total. The zero-order valence-corrected chi connectivity index (χ0v) is 10.4. The normalized spacial score (nSPS) is 24.2. The molecule has 1 aliphatic heterocycles. The summed E-state index contributed by atoms with van der Waals surface area (Å²) in [6, 6.07) is 0.433. The van der Waals surface area contributed by atoms with Gasteiger partial charge in [0.1, 0.15) is 5.78 Å². The van der Waals surface area contributed by atoms with E-state index < -0.39 is 0 Å². The number of piperidine rings is 1. The first-order chi connectivity index (χ1) is 7.13. The maximum atomic E-state index is 11.1. The summed E-state index contributed by atoms with van der Waals surface area (Å²) in [5, 5.41) is 0. The van der Waals surface area contributed by atoms with Crippen LogP contribution in [0, 0.1) is 0 Å². The Balaban J connectivity index is 2.53. The lowest BCUT2D eigenvalue weighted by atomic mass is 9.97. The molecule has 3 heteroatoms. The summed E-state index contributed by atoms with van der Waals surface area (Å²) in [4.78, 5) is 13.5.